The minimum Gasteiger partial charge on any atom is -0.313 e. The van der Waals surface area contributed by atoms with Crippen molar-refractivity contribution in [3.63, 3.8) is 0 Å². The van der Waals surface area contributed by atoms with Gasteiger partial charge < -0.3 is 15.1 Å². The van der Waals surface area contributed by atoms with Crippen LogP contribution in [0, 0.1) is 0 Å². The number of alkyl halides is 3. The first-order valence-corrected chi connectivity index (χ1v) is 13.4. The molecule has 1 atom stereocenters. The lowest BCUT2D eigenvalue weighted by molar-refractivity contribution is -0.137. The lowest BCUT2D eigenvalue weighted by Gasteiger charge is -2.31. The molecular weight excluding hydrogens is 543 g/mol. The van der Waals surface area contributed by atoms with Gasteiger partial charge in [0.25, 0.3) is 5.56 Å². The number of hydrogen-bond acceptors (Lipinski definition) is 4. The highest BCUT2D eigenvalue weighted by Gasteiger charge is 2.31. The molecule has 0 bridgehead atoms. The van der Waals surface area contributed by atoms with Gasteiger partial charge in [0.2, 0.25) is 0 Å². The smallest absolute Gasteiger partial charge is 0.313 e. The Labute approximate surface area is 240 Å². The number of para-hydroxylation sites is 1. The zero-order chi connectivity index (χ0) is 30.0. The predicted octanol–water partition coefficient (Wildman–Crippen LogP) is 6.71. The molecule has 0 saturated heterocycles. The SMILES string of the molecule is CC(c1nc2ccccc2c(=O)n1-c1ccc2ccccc2c1)N(CCN(C)C)C(=O)Nc1cccc(C(F)(F)F)c1. The Balaban J connectivity index is 1.61. The highest BCUT2D eigenvalue weighted by molar-refractivity contribution is 5.90. The molecule has 1 aromatic heterocycles. The third-order valence-electron chi connectivity index (χ3n) is 7.12. The number of fused-ring (bicyclic) bond motifs is 2. The van der Waals surface area contributed by atoms with E-state index in [9.17, 15) is 22.8 Å². The Bertz CT molecular complexity index is 1820. The van der Waals surface area contributed by atoms with Crippen molar-refractivity contribution >= 4 is 33.4 Å². The van der Waals surface area contributed by atoms with Crippen molar-refractivity contribution in [1.82, 2.24) is 19.4 Å². The van der Waals surface area contributed by atoms with E-state index in [4.69, 9.17) is 4.98 Å². The van der Waals surface area contributed by atoms with Crippen LogP contribution in [-0.2, 0) is 6.18 Å². The summed E-state index contributed by atoms with van der Waals surface area (Å²) in [6.45, 7) is 2.45. The lowest BCUT2D eigenvalue weighted by atomic mass is 10.1. The van der Waals surface area contributed by atoms with Gasteiger partial charge in [-0.15, -0.1) is 0 Å². The summed E-state index contributed by atoms with van der Waals surface area (Å²) in [7, 11) is 3.71. The van der Waals surface area contributed by atoms with E-state index in [1.54, 1.807) is 31.2 Å². The topological polar surface area (TPSA) is 70.5 Å². The summed E-state index contributed by atoms with van der Waals surface area (Å²) in [5.74, 6) is 0.326. The molecule has 10 heteroatoms. The Kier molecular flexibility index (Phi) is 8.00. The fourth-order valence-corrected chi connectivity index (χ4v) is 4.88. The minimum absolute atomic E-state index is 0.00951. The van der Waals surface area contributed by atoms with Crippen molar-refractivity contribution in [2.75, 3.05) is 32.5 Å². The van der Waals surface area contributed by atoms with Gasteiger partial charge in [-0.3, -0.25) is 9.36 Å². The van der Waals surface area contributed by atoms with Crippen LogP contribution in [-0.4, -0.2) is 52.6 Å². The second-order valence-corrected chi connectivity index (χ2v) is 10.3. The van der Waals surface area contributed by atoms with E-state index in [-0.39, 0.29) is 17.8 Å². The monoisotopic (exact) mass is 573 g/mol. The van der Waals surface area contributed by atoms with Crippen LogP contribution in [0.3, 0.4) is 0 Å². The molecule has 0 saturated carbocycles. The quantitative estimate of drug-likeness (QED) is 0.235. The van der Waals surface area contributed by atoms with Crippen molar-refractivity contribution in [3.05, 3.63) is 113 Å². The van der Waals surface area contributed by atoms with Gasteiger partial charge in [0.05, 0.1) is 28.2 Å². The zero-order valence-corrected chi connectivity index (χ0v) is 23.4. The van der Waals surface area contributed by atoms with Gasteiger partial charge in [-0.1, -0.05) is 48.5 Å². The van der Waals surface area contributed by atoms with E-state index in [1.807, 2.05) is 61.5 Å². The summed E-state index contributed by atoms with van der Waals surface area (Å²) in [6, 6.07) is 23.6. The molecule has 0 aliphatic heterocycles. The Morgan fingerprint density at radius 1 is 0.905 bits per heavy atom. The number of benzene rings is 4. The number of carbonyl (C=O) groups is 1. The maximum absolute atomic E-state index is 14.0. The van der Waals surface area contributed by atoms with Crippen molar-refractivity contribution in [2.45, 2.75) is 19.1 Å². The molecule has 0 aliphatic carbocycles. The van der Waals surface area contributed by atoms with E-state index in [0.29, 0.717) is 29.0 Å². The zero-order valence-electron chi connectivity index (χ0n) is 23.4. The summed E-state index contributed by atoms with van der Waals surface area (Å²) in [5.41, 5.74) is -0.0785. The van der Waals surface area contributed by atoms with E-state index < -0.39 is 23.8 Å². The number of hydrogen-bond donors (Lipinski definition) is 1. The van der Waals surface area contributed by atoms with Crippen LogP contribution in [0.5, 0.6) is 0 Å². The number of amides is 2. The number of likely N-dealkylation sites (N-methyl/N-ethyl adjacent to an activating group) is 1. The van der Waals surface area contributed by atoms with Gasteiger partial charge in [0.1, 0.15) is 5.82 Å². The first kappa shape index (κ1) is 28.8. The van der Waals surface area contributed by atoms with Gasteiger partial charge in [0, 0.05) is 18.8 Å². The Hall–Kier alpha value is -4.70. The third-order valence-corrected chi connectivity index (χ3v) is 7.12. The first-order chi connectivity index (χ1) is 20.0. The molecule has 0 spiro atoms. The predicted molar refractivity (Wildman–Crippen MR) is 159 cm³/mol. The van der Waals surface area contributed by atoms with Gasteiger partial charge in [-0.2, -0.15) is 13.2 Å². The van der Waals surface area contributed by atoms with Crippen LogP contribution in [0.4, 0.5) is 23.7 Å². The molecule has 5 aromatic rings. The van der Waals surface area contributed by atoms with Gasteiger partial charge >= 0.3 is 12.2 Å². The highest BCUT2D eigenvalue weighted by atomic mass is 19.4. The maximum atomic E-state index is 14.0. The van der Waals surface area contributed by atoms with Crippen LogP contribution in [0.25, 0.3) is 27.4 Å². The summed E-state index contributed by atoms with van der Waals surface area (Å²) >= 11 is 0. The lowest BCUT2D eigenvalue weighted by Crippen LogP contribution is -2.43. The van der Waals surface area contributed by atoms with Crippen LogP contribution in [0.2, 0.25) is 0 Å². The van der Waals surface area contributed by atoms with E-state index in [1.165, 1.54) is 21.6 Å². The van der Waals surface area contributed by atoms with Crippen molar-refractivity contribution in [1.29, 1.82) is 0 Å². The number of nitrogens with one attached hydrogen (secondary N) is 1. The molecule has 2 amide bonds. The average Bonchev–Trinajstić information content (AvgIpc) is 2.96. The van der Waals surface area contributed by atoms with E-state index in [0.717, 1.165) is 22.9 Å². The normalized spacial score (nSPS) is 12.5. The summed E-state index contributed by atoms with van der Waals surface area (Å²) in [5, 5.41) is 4.98. The molecule has 1 heterocycles. The van der Waals surface area contributed by atoms with Crippen LogP contribution in [0.15, 0.2) is 95.8 Å². The fourth-order valence-electron chi connectivity index (χ4n) is 4.88. The van der Waals surface area contributed by atoms with Crippen molar-refractivity contribution in [2.24, 2.45) is 0 Å². The average molecular weight is 574 g/mol. The first-order valence-electron chi connectivity index (χ1n) is 13.4. The Morgan fingerprint density at radius 2 is 1.62 bits per heavy atom. The van der Waals surface area contributed by atoms with Crippen LogP contribution < -0.4 is 10.9 Å². The molecule has 216 valence electrons. The van der Waals surface area contributed by atoms with Gasteiger partial charge in [0.15, 0.2) is 0 Å². The molecule has 0 fully saturated rings. The molecule has 7 nitrogen and oxygen atoms in total. The molecule has 5 rings (SSSR count). The van der Waals surface area contributed by atoms with E-state index in [2.05, 4.69) is 5.32 Å². The molecular formula is C32H30F3N5O2. The Morgan fingerprint density at radius 3 is 2.36 bits per heavy atom. The molecule has 0 aliphatic rings. The fraction of sp³-hybridized carbons (Fsp3) is 0.219. The summed E-state index contributed by atoms with van der Waals surface area (Å²) in [4.78, 5) is 35.9. The molecule has 1 unspecified atom stereocenters. The van der Waals surface area contributed by atoms with Gasteiger partial charge in [-0.25, -0.2) is 9.78 Å². The van der Waals surface area contributed by atoms with Crippen molar-refractivity contribution in [3.8, 4) is 5.69 Å². The second kappa shape index (κ2) is 11.7. The molecule has 1 N–H and O–H groups in total. The summed E-state index contributed by atoms with van der Waals surface area (Å²) < 4.78 is 41.5. The molecule has 4 aromatic carbocycles. The number of rotatable bonds is 7. The van der Waals surface area contributed by atoms with Gasteiger partial charge in [-0.05, 0) is 74.3 Å². The number of aromatic nitrogens is 2. The van der Waals surface area contributed by atoms with E-state index >= 15 is 0 Å². The molecule has 42 heavy (non-hydrogen) atoms. The van der Waals surface area contributed by atoms with Crippen LogP contribution >= 0.6 is 0 Å². The maximum Gasteiger partial charge on any atom is 0.416 e. The summed E-state index contributed by atoms with van der Waals surface area (Å²) in [6.07, 6.45) is -4.55. The van der Waals surface area contributed by atoms with Crippen molar-refractivity contribution < 1.29 is 18.0 Å². The standard InChI is InChI=1S/C32H30F3N5O2/c1-21(39(18-17-38(2)3)31(42)36-25-12-8-11-24(20-25)32(33,34)35)29-37-28-14-7-6-13-27(28)30(41)40(29)26-16-15-22-9-4-5-10-23(22)19-26/h4-16,19-21H,17-18H2,1-3H3,(H,36,42). The number of carbonyl (C=O) groups excluding carboxylic acids is 1. The van der Waals surface area contributed by atoms with Crippen LogP contribution in [0.1, 0.15) is 24.4 Å². The molecule has 0 radical (unpaired) electrons. The number of anilines is 1. The third kappa shape index (κ3) is 5.99. The number of nitrogens with zero attached hydrogens (tertiary/aromatic N) is 4. The highest BCUT2D eigenvalue weighted by Crippen LogP contribution is 2.31. The number of urea groups is 1. The number of halogens is 3. The second-order valence-electron chi connectivity index (χ2n) is 10.3. The minimum atomic E-state index is -4.55. The largest absolute Gasteiger partial charge is 0.416 e.